The molecular formula is C16H21NO4S. The minimum Gasteiger partial charge on any atom is -0.485 e. The van der Waals surface area contributed by atoms with Gasteiger partial charge in [-0.05, 0) is 25.7 Å². The second-order valence-electron chi connectivity index (χ2n) is 6.49. The van der Waals surface area contributed by atoms with Gasteiger partial charge in [0.05, 0.1) is 6.61 Å². The van der Waals surface area contributed by atoms with Gasteiger partial charge in [-0.2, -0.15) is 0 Å². The van der Waals surface area contributed by atoms with Crippen LogP contribution >= 0.6 is 11.3 Å². The van der Waals surface area contributed by atoms with Crippen LogP contribution in [0.1, 0.15) is 42.3 Å². The van der Waals surface area contributed by atoms with Crippen LogP contribution in [0.2, 0.25) is 0 Å². The van der Waals surface area contributed by atoms with Crippen molar-refractivity contribution in [1.82, 2.24) is 4.90 Å². The van der Waals surface area contributed by atoms with Crippen molar-refractivity contribution in [1.29, 1.82) is 0 Å². The largest absolute Gasteiger partial charge is 0.485 e. The Morgan fingerprint density at radius 3 is 3.00 bits per heavy atom. The number of fused-ring (bicyclic) bond motifs is 3. The van der Waals surface area contributed by atoms with E-state index in [-0.39, 0.29) is 30.0 Å². The molecule has 1 aromatic rings. The first-order valence-electron chi connectivity index (χ1n) is 8.01. The van der Waals surface area contributed by atoms with Gasteiger partial charge >= 0.3 is 0 Å². The lowest BCUT2D eigenvalue weighted by Crippen LogP contribution is -2.42. The number of carbonyl (C=O) groups excluding carboxylic acids is 1. The molecule has 4 rings (SSSR count). The van der Waals surface area contributed by atoms with Gasteiger partial charge in [-0.15, -0.1) is 11.3 Å². The fraction of sp³-hybridized carbons (Fsp3) is 0.688. The molecule has 2 fully saturated rings. The van der Waals surface area contributed by atoms with Crippen molar-refractivity contribution in [3.63, 3.8) is 0 Å². The van der Waals surface area contributed by atoms with E-state index < -0.39 is 0 Å². The van der Waals surface area contributed by atoms with Crippen LogP contribution in [0.15, 0.2) is 5.38 Å². The average Bonchev–Trinajstić information content (AvgIpc) is 3.25. The Kier molecular flexibility index (Phi) is 3.34. The molecule has 0 aromatic carbocycles. The van der Waals surface area contributed by atoms with Gasteiger partial charge in [0.2, 0.25) is 0 Å². The molecule has 1 aromatic heterocycles. The molecule has 2 bridgehead atoms. The third-order valence-corrected chi connectivity index (χ3v) is 6.53. The van der Waals surface area contributed by atoms with Crippen molar-refractivity contribution in [2.75, 3.05) is 19.8 Å². The van der Waals surface area contributed by atoms with Crippen LogP contribution in [-0.2, 0) is 0 Å². The first kappa shape index (κ1) is 14.3. The van der Waals surface area contributed by atoms with Crippen molar-refractivity contribution >= 4 is 17.2 Å². The Bertz CT molecular complexity index is 595. The number of hydrogen-bond donors (Lipinski definition) is 1. The third-order valence-electron chi connectivity index (χ3n) is 5.60. The van der Waals surface area contributed by atoms with Crippen LogP contribution < -0.4 is 9.47 Å². The SMILES string of the molecule is CC[C@@]1(CO)C[C@@H]2CC[C@H]1N2C(=O)c1scc2c1OCCO2. The summed E-state index contributed by atoms with van der Waals surface area (Å²) in [7, 11) is 0. The number of aliphatic hydroxyl groups is 1. The van der Waals surface area contributed by atoms with Crippen molar-refractivity contribution < 1.29 is 19.4 Å². The van der Waals surface area contributed by atoms with E-state index in [2.05, 4.69) is 6.92 Å². The van der Waals surface area contributed by atoms with E-state index in [1.807, 2.05) is 10.3 Å². The van der Waals surface area contributed by atoms with Gasteiger partial charge in [-0.25, -0.2) is 0 Å². The standard InChI is InChI=1S/C16H21NO4S/c1-2-16(9-18)7-10-3-4-12(16)17(10)15(19)14-13-11(8-22-14)20-5-6-21-13/h8,10,12,18H,2-7,9H2,1H3/t10-,12+,16-/m0/s1. The zero-order valence-corrected chi connectivity index (χ0v) is 13.5. The molecule has 22 heavy (non-hydrogen) atoms. The third kappa shape index (κ3) is 1.83. The molecule has 1 N–H and O–H groups in total. The first-order valence-corrected chi connectivity index (χ1v) is 8.89. The van der Waals surface area contributed by atoms with Gasteiger partial charge in [0.1, 0.15) is 18.1 Å². The van der Waals surface area contributed by atoms with Crippen LogP contribution in [0.5, 0.6) is 11.5 Å². The number of thiophene rings is 1. The highest BCUT2D eigenvalue weighted by atomic mass is 32.1. The highest BCUT2D eigenvalue weighted by molar-refractivity contribution is 7.12. The summed E-state index contributed by atoms with van der Waals surface area (Å²) in [5, 5.41) is 11.7. The maximum absolute atomic E-state index is 13.1. The summed E-state index contributed by atoms with van der Waals surface area (Å²) in [5.74, 6) is 1.35. The number of nitrogens with zero attached hydrogens (tertiary/aromatic N) is 1. The lowest BCUT2D eigenvalue weighted by molar-refractivity contribution is 0.0555. The van der Waals surface area contributed by atoms with Crippen LogP contribution in [0, 0.1) is 5.41 Å². The van der Waals surface area contributed by atoms with Crippen molar-refractivity contribution in [3.8, 4) is 11.5 Å². The summed E-state index contributed by atoms with van der Waals surface area (Å²) in [6, 6.07) is 0.411. The number of rotatable bonds is 3. The van der Waals surface area contributed by atoms with E-state index in [1.165, 1.54) is 11.3 Å². The summed E-state index contributed by atoms with van der Waals surface area (Å²) >= 11 is 1.40. The van der Waals surface area contributed by atoms with Crippen LogP contribution in [0.3, 0.4) is 0 Å². The second kappa shape index (κ2) is 5.13. The summed E-state index contributed by atoms with van der Waals surface area (Å²) in [6.45, 7) is 3.31. The minimum atomic E-state index is -0.118. The molecule has 0 aliphatic carbocycles. The molecule has 3 atom stereocenters. The fourth-order valence-corrected chi connectivity index (χ4v) is 5.26. The number of carbonyl (C=O) groups is 1. The van der Waals surface area contributed by atoms with E-state index in [1.54, 1.807) is 0 Å². The highest BCUT2D eigenvalue weighted by Crippen LogP contribution is 2.53. The number of hydrogen-bond acceptors (Lipinski definition) is 5. The molecule has 0 saturated carbocycles. The lowest BCUT2D eigenvalue weighted by Gasteiger charge is -2.34. The van der Waals surface area contributed by atoms with Gasteiger partial charge in [0.25, 0.3) is 5.91 Å². The summed E-state index contributed by atoms with van der Waals surface area (Å²) in [4.78, 5) is 15.7. The molecule has 0 radical (unpaired) electrons. The summed E-state index contributed by atoms with van der Waals surface area (Å²) in [6.07, 6.45) is 3.87. The van der Waals surface area contributed by atoms with E-state index in [4.69, 9.17) is 9.47 Å². The molecule has 1 amide bonds. The number of amides is 1. The van der Waals surface area contributed by atoms with Gasteiger partial charge in [-0.3, -0.25) is 4.79 Å². The van der Waals surface area contributed by atoms with E-state index in [9.17, 15) is 9.90 Å². The monoisotopic (exact) mass is 323 g/mol. The van der Waals surface area contributed by atoms with Crippen molar-refractivity contribution in [2.45, 2.75) is 44.7 Å². The number of aliphatic hydroxyl groups excluding tert-OH is 1. The van der Waals surface area contributed by atoms with Gasteiger partial charge in [-0.1, -0.05) is 6.92 Å². The smallest absolute Gasteiger partial charge is 0.268 e. The van der Waals surface area contributed by atoms with Crippen molar-refractivity contribution in [3.05, 3.63) is 10.3 Å². The molecule has 120 valence electrons. The predicted octanol–water partition coefficient (Wildman–Crippen LogP) is 2.28. The number of ether oxygens (including phenoxy) is 2. The zero-order chi connectivity index (χ0) is 15.3. The van der Waals surface area contributed by atoms with Gasteiger partial charge < -0.3 is 19.5 Å². The van der Waals surface area contributed by atoms with Gasteiger partial charge in [0, 0.05) is 22.9 Å². The normalized spacial score (nSPS) is 32.5. The minimum absolute atomic E-state index is 0.0491. The molecule has 6 heteroatoms. The Labute approximate surface area is 133 Å². The average molecular weight is 323 g/mol. The van der Waals surface area contributed by atoms with E-state index >= 15 is 0 Å². The molecule has 4 heterocycles. The lowest BCUT2D eigenvalue weighted by atomic mass is 9.72. The molecule has 5 nitrogen and oxygen atoms in total. The highest BCUT2D eigenvalue weighted by Gasteiger charge is 2.56. The molecule has 3 aliphatic heterocycles. The van der Waals surface area contributed by atoms with Crippen LogP contribution in [-0.4, -0.2) is 47.8 Å². The molecule has 2 saturated heterocycles. The Morgan fingerprint density at radius 1 is 1.45 bits per heavy atom. The quantitative estimate of drug-likeness (QED) is 0.927. The predicted molar refractivity (Wildman–Crippen MR) is 82.7 cm³/mol. The Morgan fingerprint density at radius 2 is 2.27 bits per heavy atom. The van der Waals surface area contributed by atoms with Crippen LogP contribution in [0.25, 0.3) is 0 Å². The topological polar surface area (TPSA) is 59.0 Å². The summed E-state index contributed by atoms with van der Waals surface area (Å²) < 4.78 is 11.2. The fourth-order valence-electron chi connectivity index (χ4n) is 4.39. The Balaban J connectivity index is 1.65. The molecular weight excluding hydrogens is 302 g/mol. The molecule has 0 unspecified atom stereocenters. The maximum atomic E-state index is 13.1. The molecule has 3 aliphatic rings. The van der Waals surface area contributed by atoms with Crippen LogP contribution in [0.4, 0.5) is 0 Å². The van der Waals surface area contributed by atoms with E-state index in [0.717, 1.165) is 25.7 Å². The zero-order valence-electron chi connectivity index (χ0n) is 12.7. The Hall–Kier alpha value is -1.27. The van der Waals surface area contributed by atoms with Gasteiger partial charge in [0.15, 0.2) is 11.5 Å². The second-order valence-corrected chi connectivity index (χ2v) is 7.37. The van der Waals surface area contributed by atoms with E-state index in [0.29, 0.717) is 29.6 Å². The molecule has 0 spiro atoms. The summed E-state index contributed by atoms with van der Waals surface area (Å²) in [5.41, 5.74) is -0.118. The first-order chi connectivity index (χ1) is 10.7. The van der Waals surface area contributed by atoms with Crippen molar-refractivity contribution in [2.24, 2.45) is 5.41 Å². The maximum Gasteiger partial charge on any atom is 0.268 e.